The number of benzene rings is 2. The lowest BCUT2D eigenvalue weighted by Gasteiger charge is -2.23. The average Bonchev–Trinajstić information content (AvgIpc) is 3.36. The second-order valence-electron chi connectivity index (χ2n) is 9.08. The van der Waals surface area contributed by atoms with E-state index in [0.717, 1.165) is 9.47 Å². The number of esters is 1. The molecule has 2 N–H and O–H groups in total. The first-order chi connectivity index (χ1) is 20.4. The van der Waals surface area contributed by atoms with E-state index in [1.165, 1.54) is 43.5 Å². The maximum absolute atomic E-state index is 14.1. The van der Waals surface area contributed by atoms with Crippen molar-refractivity contribution in [3.63, 3.8) is 0 Å². The standard InChI is InChI=1S/C28H26F3N5O6S/c1-3-41-24(37)14-35(19-10-8-18(9-11-19)25(32)38)27(39)36-22-7-5-4-6-20(22)34-26(36)43(40)15-21-17(2)23(12-13-33-21)42-16-28(29,30)31/h4-13H,3,14-16H2,1-2H3,(H2,32,38). The van der Waals surface area contributed by atoms with Gasteiger partial charge in [0.25, 0.3) is 0 Å². The van der Waals surface area contributed by atoms with Gasteiger partial charge in [0.1, 0.15) is 12.3 Å². The molecule has 0 saturated carbocycles. The van der Waals surface area contributed by atoms with Crippen molar-refractivity contribution in [2.75, 3.05) is 24.7 Å². The van der Waals surface area contributed by atoms with E-state index < -0.39 is 48.4 Å². The molecular weight excluding hydrogens is 591 g/mol. The zero-order valence-corrected chi connectivity index (χ0v) is 23.8. The number of hydrogen-bond acceptors (Lipinski definition) is 8. The van der Waals surface area contributed by atoms with Gasteiger partial charge in [-0.3, -0.25) is 19.5 Å². The van der Waals surface area contributed by atoms with E-state index in [2.05, 4.69) is 9.97 Å². The van der Waals surface area contributed by atoms with E-state index in [1.54, 1.807) is 31.2 Å². The van der Waals surface area contributed by atoms with Crippen LogP contribution in [0, 0.1) is 6.92 Å². The van der Waals surface area contributed by atoms with Gasteiger partial charge in [0.15, 0.2) is 12.4 Å². The molecule has 0 aliphatic rings. The number of rotatable bonds is 10. The van der Waals surface area contributed by atoms with Crippen molar-refractivity contribution in [2.24, 2.45) is 5.73 Å². The summed E-state index contributed by atoms with van der Waals surface area (Å²) in [5.41, 5.74) is 6.74. The van der Waals surface area contributed by atoms with Crippen LogP contribution in [0.4, 0.5) is 23.7 Å². The van der Waals surface area contributed by atoms with E-state index in [0.29, 0.717) is 5.52 Å². The molecule has 4 rings (SSSR count). The minimum Gasteiger partial charge on any atom is -0.609 e. The van der Waals surface area contributed by atoms with Crippen LogP contribution in [0.5, 0.6) is 5.75 Å². The summed E-state index contributed by atoms with van der Waals surface area (Å²) in [7, 11) is 0. The molecule has 0 aliphatic carbocycles. The van der Waals surface area contributed by atoms with Crippen molar-refractivity contribution < 1.29 is 41.6 Å². The summed E-state index contributed by atoms with van der Waals surface area (Å²) in [4.78, 5) is 47.9. The Balaban J connectivity index is 1.74. The van der Waals surface area contributed by atoms with Gasteiger partial charge in [0.05, 0.1) is 23.3 Å². The fraction of sp³-hybridized carbons (Fsp3) is 0.250. The number of pyridine rings is 1. The number of imidazole rings is 1. The Hall–Kier alpha value is -4.63. The van der Waals surface area contributed by atoms with Gasteiger partial charge in [-0.25, -0.2) is 9.36 Å². The first kappa shape index (κ1) is 31.3. The van der Waals surface area contributed by atoms with Crippen molar-refractivity contribution in [1.82, 2.24) is 14.5 Å². The third-order valence-electron chi connectivity index (χ3n) is 6.13. The second-order valence-corrected chi connectivity index (χ2v) is 10.4. The number of halogens is 3. The van der Waals surface area contributed by atoms with Crippen LogP contribution in [0.25, 0.3) is 11.0 Å². The predicted octanol–water partition coefficient (Wildman–Crippen LogP) is 4.13. The van der Waals surface area contributed by atoms with E-state index in [9.17, 15) is 32.1 Å². The van der Waals surface area contributed by atoms with Crippen molar-refractivity contribution >= 4 is 45.8 Å². The van der Waals surface area contributed by atoms with Crippen LogP contribution < -0.4 is 15.4 Å². The van der Waals surface area contributed by atoms with Crippen LogP contribution in [0.15, 0.2) is 66.0 Å². The highest BCUT2D eigenvalue weighted by atomic mass is 32.2. The summed E-state index contributed by atoms with van der Waals surface area (Å²) in [6.07, 6.45) is -3.32. The molecule has 0 bridgehead atoms. The zero-order chi connectivity index (χ0) is 31.3. The number of amides is 2. The van der Waals surface area contributed by atoms with Crippen LogP contribution in [0.1, 0.15) is 28.5 Å². The summed E-state index contributed by atoms with van der Waals surface area (Å²) >= 11 is -2.05. The smallest absolute Gasteiger partial charge is 0.422 e. The van der Waals surface area contributed by atoms with Gasteiger partial charge in [-0.05, 0) is 56.3 Å². The first-order valence-corrected chi connectivity index (χ1v) is 14.1. The highest BCUT2D eigenvalue weighted by Gasteiger charge is 2.33. The number of nitrogens with two attached hydrogens (primary N) is 1. The molecule has 2 heterocycles. The molecule has 2 aromatic heterocycles. The number of carbonyl (C=O) groups is 3. The SMILES string of the molecule is CCOC(=O)CN(C(=O)n1c([S+]([O-])Cc2nccc(OCC(F)(F)F)c2C)nc2ccccc21)c1ccc(C(N)=O)cc1. The van der Waals surface area contributed by atoms with Crippen molar-refractivity contribution in [3.05, 3.63) is 77.6 Å². The molecular formula is C28H26F3N5O6S. The largest absolute Gasteiger partial charge is 0.609 e. The fourth-order valence-corrected chi connectivity index (χ4v) is 5.33. The number of aromatic nitrogens is 3. The number of nitrogens with zero attached hydrogens (tertiary/aromatic N) is 4. The Morgan fingerprint density at radius 2 is 1.79 bits per heavy atom. The lowest BCUT2D eigenvalue weighted by Crippen LogP contribution is -2.40. The normalized spacial score (nSPS) is 12.1. The molecule has 4 aromatic rings. The molecule has 0 fully saturated rings. The minimum absolute atomic E-state index is 0.0584. The van der Waals surface area contributed by atoms with Crippen LogP contribution >= 0.6 is 0 Å². The number of fused-ring (bicyclic) bond motifs is 1. The summed E-state index contributed by atoms with van der Waals surface area (Å²) in [6.45, 7) is 1.11. The summed E-state index contributed by atoms with van der Waals surface area (Å²) in [6, 6.07) is 12.6. The molecule has 0 aliphatic heterocycles. The molecule has 2 aromatic carbocycles. The van der Waals surface area contributed by atoms with Gasteiger partial charge in [-0.2, -0.15) is 18.2 Å². The third-order valence-corrected chi connectivity index (χ3v) is 7.35. The van der Waals surface area contributed by atoms with E-state index in [-0.39, 0.29) is 51.3 Å². The van der Waals surface area contributed by atoms with Gasteiger partial charge >= 0.3 is 23.3 Å². The quantitative estimate of drug-likeness (QED) is 0.206. The molecule has 1 atom stereocenters. The lowest BCUT2D eigenvalue weighted by atomic mass is 10.2. The number of anilines is 1. The van der Waals surface area contributed by atoms with Crippen LogP contribution in [-0.4, -0.2) is 62.9 Å². The molecule has 0 radical (unpaired) electrons. The van der Waals surface area contributed by atoms with Crippen LogP contribution in [-0.2, 0) is 26.5 Å². The highest BCUT2D eigenvalue weighted by molar-refractivity contribution is 7.90. The Morgan fingerprint density at radius 3 is 2.44 bits per heavy atom. The van der Waals surface area contributed by atoms with Crippen LogP contribution in [0.3, 0.4) is 0 Å². The van der Waals surface area contributed by atoms with E-state index in [1.807, 2.05) is 0 Å². The maximum atomic E-state index is 14.1. The predicted molar refractivity (Wildman–Crippen MR) is 150 cm³/mol. The Bertz CT molecular complexity index is 1640. The monoisotopic (exact) mass is 617 g/mol. The highest BCUT2D eigenvalue weighted by Crippen LogP contribution is 2.28. The van der Waals surface area contributed by atoms with E-state index >= 15 is 0 Å². The van der Waals surface area contributed by atoms with Gasteiger partial charge in [-0.1, -0.05) is 12.1 Å². The summed E-state index contributed by atoms with van der Waals surface area (Å²) in [5.74, 6) is -1.80. The van der Waals surface area contributed by atoms with Crippen molar-refractivity contribution in [3.8, 4) is 5.75 Å². The first-order valence-electron chi connectivity index (χ1n) is 12.8. The summed E-state index contributed by atoms with van der Waals surface area (Å²) in [5, 5.41) is -0.184. The molecule has 0 spiro atoms. The second kappa shape index (κ2) is 13.1. The lowest BCUT2D eigenvalue weighted by molar-refractivity contribution is -0.153. The molecule has 15 heteroatoms. The third kappa shape index (κ3) is 7.42. The number of hydrogen-bond donors (Lipinski definition) is 1. The van der Waals surface area contributed by atoms with Gasteiger partial charge in [0.2, 0.25) is 5.91 Å². The Kier molecular flexibility index (Phi) is 9.56. The number of carbonyl (C=O) groups excluding carboxylic acids is 3. The van der Waals surface area contributed by atoms with Crippen molar-refractivity contribution in [1.29, 1.82) is 0 Å². The molecule has 1 unspecified atom stereocenters. The number of ether oxygens (including phenoxy) is 2. The van der Waals surface area contributed by atoms with Gasteiger partial charge in [-0.15, -0.1) is 0 Å². The van der Waals surface area contributed by atoms with Crippen molar-refractivity contribution in [2.45, 2.75) is 30.9 Å². The van der Waals surface area contributed by atoms with Gasteiger partial charge < -0.3 is 19.8 Å². The Labute approximate surface area is 246 Å². The maximum Gasteiger partial charge on any atom is 0.422 e. The average molecular weight is 618 g/mol. The number of alkyl halides is 3. The molecule has 43 heavy (non-hydrogen) atoms. The summed E-state index contributed by atoms with van der Waals surface area (Å²) < 4.78 is 62.9. The topological polar surface area (TPSA) is 153 Å². The fourth-order valence-electron chi connectivity index (χ4n) is 4.08. The van der Waals surface area contributed by atoms with Gasteiger partial charge in [0, 0.05) is 34.2 Å². The molecule has 11 nitrogen and oxygen atoms in total. The Morgan fingerprint density at radius 1 is 1.09 bits per heavy atom. The number of primary amides is 1. The molecule has 226 valence electrons. The molecule has 0 saturated heterocycles. The number of para-hydroxylation sites is 2. The minimum atomic E-state index is -4.56. The zero-order valence-electron chi connectivity index (χ0n) is 23.0. The van der Waals surface area contributed by atoms with Crippen LogP contribution in [0.2, 0.25) is 0 Å². The van der Waals surface area contributed by atoms with E-state index in [4.69, 9.17) is 15.2 Å². The molecule has 2 amide bonds.